The van der Waals surface area contributed by atoms with Crippen molar-refractivity contribution >= 4 is 5.91 Å². The van der Waals surface area contributed by atoms with Crippen molar-refractivity contribution < 1.29 is 13.9 Å². The van der Waals surface area contributed by atoms with E-state index in [0.717, 1.165) is 38.9 Å². The van der Waals surface area contributed by atoms with Gasteiger partial charge in [-0.15, -0.1) is 0 Å². The smallest absolute Gasteiger partial charge is 0.287 e. The van der Waals surface area contributed by atoms with E-state index in [-0.39, 0.29) is 17.6 Å². The molecule has 5 nitrogen and oxygen atoms in total. The summed E-state index contributed by atoms with van der Waals surface area (Å²) in [7, 11) is 0. The van der Waals surface area contributed by atoms with Gasteiger partial charge >= 0.3 is 0 Å². The number of furan rings is 1. The van der Waals surface area contributed by atoms with Crippen molar-refractivity contribution in [3.8, 4) is 0 Å². The van der Waals surface area contributed by atoms with Crippen molar-refractivity contribution in [3.63, 3.8) is 0 Å². The summed E-state index contributed by atoms with van der Waals surface area (Å²) in [5, 5.41) is 3.11. The molecule has 5 heteroatoms. The Morgan fingerprint density at radius 3 is 2.92 bits per heavy atom. The van der Waals surface area contributed by atoms with Gasteiger partial charge in [-0.1, -0.05) is 29.8 Å². The summed E-state index contributed by atoms with van der Waals surface area (Å²) < 4.78 is 11.4. The van der Waals surface area contributed by atoms with E-state index in [1.807, 2.05) is 0 Å². The summed E-state index contributed by atoms with van der Waals surface area (Å²) in [6, 6.07) is 12.3. The van der Waals surface area contributed by atoms with Gasteiger partial charge in [0.25, 0.3) is 5.91 Å². The largest absolute Gasteiger partial charge is 0.459 e. The van der Waals surface area contributed by atoms with Crippen molar-refractivity contribution in [2.24, 2.45) is 0 Å². The van der Waals surface area contributed by atoms with Crippen molar-refractivity contribution in [1.29, 1.82) is 0 Å². The maximum Gasteiger partial charge on any atom is 0.287 e. The van der Waals surface area contributed by atoms with Gasteiger partial charge in [0.1, 0.15) is 0 Å². The second-order valence-corrected chi connectivity index (χ2v) is 7.62. The fourth-order valence-electron chi connectivity index (χ4n) is 4.11. The number of rotatable bonds is 4. The van der Waals surface area contributed by atoms with Gasteiger partial charge < -0.3 is 14.5 Å². The van der Waals surface area contributed by atoms with Gasteiger partial charge in [0, 0.05) is 32.3 Å². The summed E-state index contributed by atoms with van der Waals surface area (Å²) in [6.45, 7) is 5.72. The summed E-state index contributed by atoms with van der Waals surface area (Å²) in [4.78, 5) is 14.7. The topological polar surface area (TPSA) is 54.7 Å². The van der Waals surface area contributed by atoms with E-state index in [9.17, 15) is 4.79 Å². The maximum atomic E-state index is 12.3. The second-order valence-electron chi connectivity index (χ2n) is 7.62. The minimum absolute atomic E-state index is 0.133. The summed E-state index contributed by atoms with van der Waals surface area (Å²) in [6.07, 6.45) is 4.27. The van der Waals surface area contributed by atoms with Crippen molar-refractivity contribution in [3.05, 3.63) is 59.5 Å². The molecule has 3 heterocycles. The van der Waals surface area contributed by atoms with Crippen LogP contribution in [0.15, 0.2) is 47.1 Å². The van der Waals surface area contributed by atoms with E-state index in [1.165, 1.54) is 17.4 Å². The molecule has 138 valence electrons. The first-order chi connectivity index (χ1) is 12.6. The number of nitrogens with zero attached hydrogens (tertiary/aromatic N) is 1. The molecule has 1 spiro atoms. The lowest BCUT2D eigenvalue weighted by molar-refractivity contribution is -0.0793. The molecule has 1 amide bonds. The maximum absolute atomic E-state index is 12.3. The van der Waals surface area contributed by atoms with Gasteiger partial charge in [0.2, 0.25) is 0 Å². The van der Waals surface area contributed by atoms with Gasteiger partial charge in [0.05, 0.1) is 11.9 Å². The molecule has 2 aromatic rings. The molecular formula is C21H26N2O3. The molecule has 2 atom stereocenters. The molecule has 4 rings (SSSR count). The van der Waals surface area contributed by atoms with Gasteiger partial charge in [-0.05, 0) is 43.9 Å². The molecule has 0 aliphatic carbocycles. The first-order valence-corrected chi connectivity index (χ1v) is 9.38. The molecule has 1 aromatic carbocycles. The highest BCUT2D eigenvalue weighted by Gasteiger charge is 2.43. The average Bonchev–Trinajstić information content (AvgIpc) is 3.28. The predicted molar refractivity (Wildman–Crippen MR) is 99.0 cm³/mol. The summed E-state index contributed by atoms with van der Waals surface area (Å²) in [5.74, 6) is 0.240. The fraction of sp³-hybridized carbons (Fsp3) is 0.476. The van der Waals surface area contributed by atoms with Crippen LogP contribution in [0.25, 0.3) is 0 Å². The van der Waals surface area contributed by atoms with Crippen molar-refractivity contribution in [2.45, 2.75) is 44.4 Å². The number of hydrogen-bond acceptors (Lipinski definition) is 4. The third-order valence-electron chi connectivity index (χ3n) is 5.50. The number of nitrogens with one attached hydrogen (secondary N) is 1. The van der Waals surface area contributed by atoms with Crippen LogP contribution in [0, 0.1) is 6.92 Å². The predicted octanol–water partition coefficient (Wildman–Crippen LogP) is 3.14. The minimum atomic E-state index is -0.135. The van der Waals surface area contributed by atoms with Gasteiger partial charge in [-0.3, -0.25) is 9.69 Å². The Balaban J connectivity index is 1.35. The molecule has 2 saturated heterocycles. The molecule has 0 unspecified atom stereocenters. The normalized spacial score (nSPS) is 26.3. The Morgan fingerprint density at radius 2 is 2.15 bits per heavy atom. The number of likely N-dealkylation sites (tertiary alicyclic amines) is 1. The molecular weight excluding hydrogens is 328 g/mol. The number of carbonyl (C=O) groups excluding carboxylic acids is 1. The Bertz CT molecular complexity index is 741. The quantitative estimate of drug-likeness (QED) is 0.916. The van der Waals surface area contributed by atoms with Gasteiger partial charge in [-0.25, -0.2) is 0 Å². The van der Waals surface area contributed by atoms with Crippen LogP contribution >= 0.6 is 0 Å². The van der Waals surface area contributed by atoms with Crippen molar-refractivity contribution in [1.82, 2.24) is 10.2 Å². The molecule has 26 heavy (non-hydrogen) atoms. The molecule has 1 aromatic heterocycles. The van der Waals surface area contributed by atoms with Crippen LogP contribution in [0.1, 0.15) is 40.9 Å². The highest BCUT2D eigenvalue weighted by atomic mass is 16.5. The highest BCUT2D eigenvalue weighted by Crippen LogP contribution is 2.35. The summed E-state index contributed by atoms with van der Waals surface area (Å²) >= 11 is 0. The lowest BCUT2D eigenvalue weighted by atomic mass is 9.89. The van der Waals surface area contributed by atoms with E-state index in [4.69, 9.17) is 9.15 Å². The number of benzene rings is 1. The molecule has 2 aliphatic rings. The van der Waals surface area contributed by atoms with Crippen LogP contribution in [-0.2, 0) is 11.3 Å². The first-order valence-electron chi connectivity index (χ1n) is 9.38. The molecule has 2 fully saturated rings. The SMILES string of the molecule is Cc1ccc(CN2CC[C@]3(C[C@@H](NC(=O)c4ccco4)CCO3)C2)cc1. The Morgan fingerprint density at radius 1 is 1.31 bits per heavy atom. The van der Waals surface area contributed by atoms with Gasteiger partial charge in [-0.2, -0.15) is 0 Å². The van der Waals surface area contributed by atoms with E-state index >= 15 is 0 Å². The Kier molecular flexibility index (Phi) is 4.83. The lowest BCUT2D eigenvalue weighted by Gasteiger charge is -2.38. The van der Waals surface area contributed by atoms with E-state index in [0.29, 0.717) is 12.4 Å². The molecule has 2 aliphatic heterocycles. The Labute approximate surface area is 154 Å². The van der Waals surface area contributed by atoms with E-state index in [2.05, 4.69) is 41.4 Å². The van der Waals surface area contributed by atoms with Crippen molar-refractivity contribution in [2.75, 3.05) is 19.7 Å². The van der Waals surface area contributed by atoms with E-state index < -0.39 is 0 Å². The average molecular weight is 354 g/mol. The zero-order valence-corrected chi connectivity index (χ0v) is 15.2. The number of hydrogen-bond donors (Lipinski definition) is 1. The minimum Gasteiger partial charge on any atom is -0.459 e. The van der Waals surface area contributed by atoms with Crippen LogP contribution in [0.2, 0.25) is 0 Å². The van der Waals surface area contributed by atoms with Crippen LogP contribution in [0.4, 0.5) is 0 Å². The van der Waals surface area contributed by atoms with Crippen LogP contribution < -0.4 is 5.32 Å². The van der Waals surface area contributed by atoms with Crippen LogP contribution in [0.5, 0.6) is 0 Å². The number of amides is 1. The second kappa shape index (κ2) is 7.25. The number of carbonyl (C=O) groups is 1. The standard InChI is InChI=1S/C21H26N2O3/c1-16-4-6-17(7-5-16)14-23-10-9-21(15-23)13-18(8-12-26-21)22-20(24)19-3-2-11-25-19/h2-7,11,18H,8-10,12-15H2,1H3,(H,22,24)/t18-,21-/m0/s1. The molecule has 1 N–H and O–H groups in total. The number of aryl methyl sites for hydroxylation is 1. The Hall–Kier alpha value is -2.11. The number of ether oxygens (including phenoxy) is 1. The zero-order chi connectivity index (χ0) is 18.0. The van der Waals surface area contributed by atoms with Gasteiger partial charge in [0.15, 0.2) is 5.76 Å². The third-order valence-corrected chi connectivity index (χ3v) is 5.50. The van der Waals surface area contributed by atoms with E-state index in [1.54, 1.807) is 12.1 Å². The van der Waals surface area contributed by atoms with Crippen LogP contribution in [0.3, 0.4) is 0 Å². The lowest BCUT2D eigenvalue weighted by Crippen LogP contribution is -2.49. The first kappa shape index (κ1) is 17.3. The zero-order valence-electron chi connectivity index (χ0n) is 15.2. The fourth-order valence-corrected chi connectivity index (χ4v) is 4.11. The summed E-state index contributed by atoms with van der Waals surface area (Å²) in [5.41, 5.74) is 2.49. The molecule has 0 radical (unpaired) electrons. The highest BCUT2D eigenvalue weighted by molar-refractivity contribution is 5.91. The molecule has 0 bridgehead atoms. The third kappa shape index (κ3) is 3.84. The monoisotopic (exact) mass is 354 g/mol. The van der Waals surface area contributed by atoms with Crippen LogP contribution in [-0.4, -0.2) is 42.1 Å². The molecule has 0 saturated carbocycles.